The minimum absolute atomic E-state index is 0.232. The third-order valence-electron chi connectivity index (χ3n) is 3.12. The molecule has 0 bridgehead atoms. The summed E-state index contributed by atoms with van der Waals surface area (Å²) in [4.78, 5) is 26.6. The second-order valence-corrected chi connectivity index (χ2v) is 5.77. The standard InChI is InChI=1S/C17H13NO4S/c1-21-12-6-4-11(5-7-12)9-15-17(20)18-16(23-15)10-13(19)14-3-2-8-22-14/h2-10H,1H3,(H,18,20)/b15-9-,16-10-. The number of hydrogen-bond acceptors (Lipinski definition) is 5. The summed E-state index contributed by atoms with van der Waals surface area (Å²) in [6, 6.07) is 10.6. The van der Waals surface area contributed by atoms with Crippen LogP contribution < -0.4 is 19.5 Å². The molecule has 0 aliphatic rings. The lowest BCUT2D eigenvalue weighted by molar-refractivity contribution is 0.103. The molecule has 23 heavy (non-hydrogen) atoms. The molecule has 0 unspecified atom stereocenters. The molecule has 0 aliphatic heterocycles. The van der Waals surface area contributed by atoms with Crippen molar-refractivity contribution in [2.45, 2.75) is 0 Å². The summed E-state index contributed by atoms with van der Waals surface area (Å²) in [6.45, 7) is 0. The fourth-order valence-corrected chi connectivity index (χ4v) is 2.87. The molecule has 3 rings (SSSR count). The average molecular weight is 327 g/mol. The molecule has 0 radical (unpaired) electrons. The van der Waals surface area contributed by atoms with Crippen LogP contribution in [0.5, 0.6) is 5.75 Å². The van der Waals surface area contributed by atoms with Gasteiger partial charge in [-0.3, -0.25) is 9.59 Å². The molecule has 116 valence electrons. The van der Waals surface area contributed by atoms with E-state index < -0.39 is 0 Å². The first kappa shape index (κ1) is 15.1. The average Bonchev–Trinajstić information content (AvgIpc) is 3.19. The second kappa shape index (κ2) is 6.50. The number of methoxy groups -OCH3 is 1. The zero-order chi connectivity index (χ0) is 16.2. The first-order chi connectivity index (χ1) is 11.2. The van der Waals surface area contributed by atoms with Crippen LogP contribution in [0.4, 0.5) is 0 Å². The van der Waals surface area contributed by atoms with Gasteiger partial charge < -0.3 is 14.1 Å². The van der Waals surface area contributed by atoms with E-state index in [9.17, 15) is 9.59 Å². The highest BCUT2D eigenvalue weighted by Crippen LogP contribution is 2.11. The van der Waals surface area contributed by atoms with Crippen molar-refractivity contribution in [2.75, 3.05) is 7.11 Å². The Hall–Kier alpha value is -2.86. The molecular formula is C17H13NO4S. The lowest BCUT2D eigenvalue weighted by Crippen LogP contribution is -2.19. The lowest BCUT2D eigenvalue weighted by Gasteiger charge is -1.98. The number of rotatable bonds is 4. The van der Waals surface area contributed by atoms with Crippen LogP contribution in [0, 0.1) is 0 Å². The molecule has 2 heterocycles. The van der Waals surface area contributed by atoms with Gasteiger partial charge in [-0.1, -0.05) is 12.1 Å². The Labute approximate surface area is 135 Å². The third-order valence-corrected chi connectivity index (χ3v) is 4.08. The number of thiazole rings is 1. The van der Waals surface area contributed by atoms with Crippen molar-refractivity contribution >= 4 is 29.3 Å². The maximum absolute atomic E-state index is 12.0. The number of hydrogen-bond donors (Lipinski definition) is 1. The van der Waals surface area contributed by atoms with Crippen molar-refractivity contribution in [1.29, 1.82) is 0 Å². The topological polar surface area (TPSA) is 72.3 Å². The van der Waals surface area contributed by atoms with Gasteiger partial charge in [0.15, 0.2) is 5.76 Å². The van der Waals surface area contributed by atoms with Crippen LogP contribution in [-0.2, 0) is 0 Å². The Morgan fingerprint density at radius 2 is 2.04 bits per heavy atom. The van der Waals surface area contributed by atoms with Crippen LogP contribution in [0.2, 0.25) is 0 Å². The van der Waals surface area contributed by atoms with Gasteiger partial charge in [0.1, 0.15) is 5.75 Å². The van der Waals surface area contributed by atoms with Crippen LogP contribution in [0.3, 0.4) is 0 Å². The summed E-state index contributed by atoms with van der Waals surface area (Å²) in [7, 11) is 1.60. The number of aromatic amines is 1. The summed E-state index contributed by atoms with van der Waals surface area (Å²) in [5.74, 6) is 0.698. The molecule has 0 fully saturated rings. The largest absolute Gasteiger partial charge is 0.497 e. The smallest absolute Gasteiger partial charge is 0.266 e. The molecule has 1 aromatic carbocycles. The van der Waals surface area contributed by atoms with Crippen LogP contribution >= 0.6 is 11.3 Å². The number of ketones is 1. The molecule has 0 saturated carbocycles. The maximum Gasteiger partial charge on any atom is 0.266 e. The van der Waals surface area contributed by atoms with Crippen molar-refractivity contribution in [1.82, 2.24) is 4.98 Å². The molecule has 5 nitrogen and oxygen atoms in total. The van der Waals surface area contributed by atoms with E-state index in [0.29, 0.717) is 9.20 Å². The zero-order valence-electron chi connectivity index (χ0n) is 12.2. The summed E-state index contributed by atoms with van der Waals surface area (Å²) in [5.41, 5.74) is 0.645. The van der Waals surface area contributed by atoms with E-state index in [1.807, 2.05) is 24.3 Å². The van der Waals surface area contributed by atoms with Crippen LogP contribution in [0.1, 0.15) is 16.1 Å². The highest BCUT2D eigenvalue weighted by molar-refractivity contribution is 7.07. The molecule has 0 saturated heterocycles. The number of nitrogens with one attached hydrogen (secondary N) is 1. The van der Waals surface area contributed by atoms with E-state index in [2.05, 4.69) is 4.98 Å². The van der Waals surface area contributed by atoms with Crippen LogP contribution in [0.15, 0.2) is 51.9 Å². The Kier molecular flexibility index (Phi) is 4.25. The Balaban J connectivity index is 1.95. The summed E-state index contributed by atoms with van der Waals surface area (Å²) >= 11 is 1.22. The van der Waals surface area contributed by atoms with Crippen molar-refractivity contribution in [3.05, 3.63) is 73.5 Å². The lowest BCUT2D eigenvalue weighted by atomic mass is 10.2. The van der Waals surface area contributed by atoms with Crippen LogP contribution in [-0.4, -0.2) is 17.9 Å². The van der Waals surface area contributed by atoms with Gasteiger partial charge in [0, 0.05) is 6.08 Å². The number of aromatic nitrogens is 1. The highest BCUT2D eigenvalue weighted by atomic mass is 32.1. The number of H-pyrrole nitrogens is 1. The minimum atomic E-state index is -0.288. The monoisotopic (exact) mass is 327 g/mol. The van der Waals surface area contributed by atoms with E-state index in [1.54, 1.807) is 25.3 Å². The van der Waals surface area contributed by atoms with E-state index in [4.69, 9.17) is 9.15 Å². The van der Waals surface area contributed by atoms with Crippen molar-refractivity contribution in [3.8, 4) is 5.75 Å². The van der Waals surface area contributed by atoms with Crippen molar-refractivity contribution in [3.63, 3.8) is 0 Å². The van der Waals surface area contributed by atoms with Gasteiger partial charge in [0.05, 0.1) is 22.6 Å². The first-order valence-corrected chi connectivity index (χ1v) is 7.62. The molecule has 1 N–H and O–H groups in total. The SMILES string of the molecule is COc1ccc(/C=c2\s/c(=C\C(=O)c3ccco3)[nH]c2=O)cc1. The summed E-state index contributed by atoms with van der Waals surface area (Å²) < 4.78 is 11.1. The van der Waals surface area contributed by atoms with E-state index in [0.717, 1.165) is 11.3 Å². The minimum Gasteiger partial charge on any atom is -0.497 e. The fourth-order valence-electron chi connectivity index (χ4n) is 1.98. The number of ether oxygens (including phenoxy) is 1. The maximum atomic E-state index is 12.0. The molecule has 0 amide bonds. The van der Waals surface area contributed by atoms with Crippen molar-refractivity contribution < 1.29 is 13.9 Å². The Morgan fingerprint density at radius 1 is 1.26 bits per heavy atom. The Morgan fingerprint density at radius 3 is 2.70 bits per heavy atom. The second-order valence-electron chi connectivity index (χ2n) is 4.69. The predicted octanol–water partition coefficient (Wildman–Crippen LogP) is 1.53. The summed E-state index contributed by atoms with van der Waals surface area (Å²) in [6.07, 6.45) is 4.55. The number of carbonyl (C=O) groups excluding carboxylic acids is 1. The molecule has 6 heteroatoms. The number of furan rings is 1. The molecule has 0 atom stereocenters. The summed E-state index contributed by atoms with van der Waals surface area (Å²) in [5, 5.41) is 0. The molecule has 0 spiro atoms. The predicted molar refractivity (Wildman–Crippen MR) is 88.3 cm³/mol. The molecular weight excluding hydrogens is 314 g/mol. The van der Waals surface area contributed by atoms with Gasteiger partial charge in [-0.2, -0.15) is 0 Å². The normalized spacial score (nSPS) is 12.6. The number of carbonyl (C=O) groups is 1. The zero-order valence-corrected chi connectivity index (χ0v) is 13.1. The Bertz CT molecular complexity index is 979. The molecule has 3 aromatic rings. The van der Waals surface area contributed by atoms with Crippen molar-refractivity contribution in [2.24, 2.45) is 0 Å². The third kappa shape index (κ3) is 3.49. The van der Waals surface area contributed by atoms with Gasteiger partial charge in [-0.05, 0) is 35.9 Å². The quantitative estimate of drug-likeness (QED) is 0.738. The van der Waals surface area contributed by atoms with Gasteiger partial charge in [0.2, 0.25) is 5.78 Å². The van der Waals surface area contributed by atoms with Crippen LogP contribution in [0.25, 0.3) is 12.2 Å². The molecule has 0 aliphatic carbocycles. The highest BCUT2D eigenvalue weighted by Gasteiger charge is 2.05. The molecule has 2 aromatic heterocycles. The van der Waals surface area contributed by atoms with E-state index in [-0.39, 0.29) is 17.1 Å². The van der Waals surface area contributed by atoms with E-state index >= 15 is 0 Å². The number of Topliss-reactive ketones (excluding diaryl/α,β-unsaturated/α-hetero) is 1. The first-order valence-electron chi connectivity index (χ1n) is 6.80. The fraction of sp³-hybridized carbons (Fsp3) is 0.0588. The van der Waals surface area contributed by atoms with E-state index in [1.165, 1.54) is 23.7 Å². The van der Waals surface area contributed by atoms with Gasteiger partial charge in [-0.25, -0.2) is 0 Å². The van der Waals surface area contributed by atoms with Gasteiger partial charge in [-0.15, -0.1) is 11.3 Å². The van der Waals surface area contributed by atoms with Gasteiger partial charge in [0.25, 0.3) is 5.56 Å². The van der Waals surface area contributed by atoms with Gasteiger partial charge >= 0.3 is 0 Å². The number of benzene rings is 1.